The summed E-state index contributed by atoms with van der Waals surface area (Å²) in [7, 11) is -1.39. The number of benzene rings is 3. The zero-order valence-corrected chi connectivity index (χ0v) is 23.3. The Balaban J connectivity index is 1.64. The molecule has 0 saturated carbocycles. The minimum absolute atomic E-state index is 0.267. The van der Waals surface area contributed by atoms with Crippen molar-refractivity contribution in [1.82, 2.24) is 4.90 Å². The summed E-state index contributed by atoms with van der Waals surface area (Å²) in [6, 6.07) is 24.4. The lowest BCUT2D eigenvalue weighted by atomic mass is 10.2. The van der Waals surface area contributed by atoms with Gasteiger partial charge in [0.2, 0.25) is 0 Å². The van der Waals surface area contributed by atoms with Crippen molar-refractivity contribution in [3.8, 4) is 10.4 Å². The standard InChI is InChI=1S/C29H27ClFN3O2S2/c1-34(18-20-10-12-22(31)13-11-20)19-23(32)17-27(33-26-9-4-3-8-25(26)30)29-15-14-28(37-29)21-6-5-7-24(16-21)38(2,35)36/h3-17H,18-19,32H2,1-2H3/b23-17-,33-27?. The quantitative estimate of drug-likeness (QED) is 0.228. The maximum Gasteiger partial charge on any atom is 0.175 e. The molecule has 5 nitrogen and oxygen atoms in total. The van der Waals surface area contributed by atoms with Crippen LogP contribution in [0.15, 0.2) is 107 Å². The van der Waals surface area contributed by atoms with Crippen molar-refractivity contribution in [3.63, 3.8) is 0 Å². The highest BCUT2D eigenvalue weighted by atomic mass is 35.5. The van der Waals surface area contributed by atoms with E-state index in [1.165, 1.54) is 29.7 Å². The molecule has 0 spiro atoms. The van der Waals surface area contributed by atoms with Gasteiger partial charge in [0, 0.05) is 29.9 Å². The average Bonchev–Trinajstić information content (AvgIpc) is 3.36. The first-order chi connectivity index (χ1) is 18.1. The van der Waals surface area contributed by atoms with Crippen LogP contribution in [0, 0.1) is 5.82 Å². The van der Waals surface area contributed by atoms with Crippen LogP contribution in [0.3, 0.4) is 0 Å². The summed E-state index contributed by atoms with van der Waals surface area (Å²) in [6.07, 6.45) is 3.02. The molecule has 0 unspecified atom stereocenters. The monoisotopic (exact) mass is 567 g/mol. The van der Waals surface area contributed by atoms with Gasteiger partial charge in [-0.25, -0.2) is 17.8 Å². The summed E-state index contributed by atoms with van der Waals surface area (Å²) in [5.41, 5.74) is 10.1. The molecular formula is C29H27ClFN3O2S2. The van der Waals surface area contributed by atoms with Gasteiger partial charge in [0.15, 0.2) is 9.84 Å². The number of sulfone groups is 1. The number of allylic oxidation sites excluding steroid dienone is 1. The topological polar surface area (TPSA) is 75.8 Å². The molecule has 0 saturated heterocycles. The van der Waals surface area contributed by atoms with Crippen LogP contribution >= 0.6 is 22.9 Å². The Kier molecular flexibility index (Phi) is 8.79. The van der Waals surface area contributed by atoms with Crippen LogP contribution in [-0.2, 0) is 16.4 Å². The fourth-order valence-electron chi connectivity index (χ4n) is 3.83. The molecule has 0 aliphatic heterocycles. The fourth-order valence-corrected chi connectivity index (χ4v) is 5.64. The van der Waals surface area contributed by atoms with Crippen molar-refractivity contribution in [3.05, 3.63) is 118 Å². The minimum Gasteiger partial charge on any atom is -0.401 e. The molecule has 4 aromatic rings. The minimum atomic E-state index is -3.32. The summed E-state index contributed by atoms with van der Waals surface area (Å²) in [6.45, 7) is 1.07. The number of nitrogens with zero attached hydrogens (tertiary/aromatic N) is 2. The molecule has 9 heteroatoms. The van der Waals surface area contributed by atoms with E-state index >= 15 is 0 Å². The predicted octanol–water partition coefficient (Wildman–Crippen LogP) is 6.71. The Morgan fingerprint density at radius 2 is 1.79 bits per heavy atom. The first-order valence-electron chi connectivity index (χ1n) is 11.7. The lowest BCUT2D eigenvalue weighted by Crippen LogP contribution is -2.24. The van der Waals surface area contributed by atoms with E-state index < -0.39 is 9.84 Å². The number of rotatable bonds is 9. The number of likely N-dealkylation sites (N-methyl/N-ethyl adjacent to an activating group) is 1. The van der Waals surface area contributed by atoms with Crippen molar-refractivity contribution in [2.45, 2.75) is 11.4 Å². The summed E-state index contributed by atoms with van der Waals surface area (Å²) in [5.74, 6) is -0.269. The third kappa shape index (κ3) is 7.39. The Morgan fingerprint density at radius 1 is 1.05 bits per heavy atom. The van der Waals surface area contributed by atoms with Gasteiger partial charge in [0.1, 0.15) is 5.82 Å². The summed E-state index contributed by atoms with van der Waals surface area (Å²) >= 11 is 7.88. The molecule has 2 N–H and O–H groups in total. The first-order valence-corrected chi connectivity index (χ1v) is 14.8. The Labute approximate surface area is 231 Å². The van der Waals surface area contributed by atoms with E-state index in [-0.39, 0.29) is 10.7 Å². The van der Waals surface area contributed by atoms with Crippen molar-refractivity contribution in [1.29, 1.82) is 0 Å². The van der Waals surface area contributed by atoms with Gasteiger partial charge in [-0.3, -0.25) is 4.90 Å². The van der Waals surface area contributed by atoms with Crippen LogP contribution < -0.4 is 5.73 Å². The molecule has 1 heterocycles. The van der Waals surface area contributed by atoms with Crippen LogP contribution in [-0.4, -0.2) is 38.9 Å². The zero-order chi connectivity index (χ0) is 27.3. The SMILES string of the molecule is CN(C/C(N)=C/C(=Nc1ccccc1Cl)c1ccc(-c2cccc(S(C)(=O)=O)c2)s1)Cc1ccc(F)cc1. The third-order valence-electron chi connectivity index (χ3n) is 5.64. The summed E-state index contributed by atoms with van der Waals surface area (Å²) in [5, 5.41) is 0.517. The van der Waals surface area contributed by atoms with Gasteiger partial charge < -0.3 is 5.73 Å². The van der Waals surface area contributed by atoms with Gasteiger partial charge in [-0.05, 0) is 72.8 Å². The second-order valence-corrected chi connectivity index (χ2v) is 12.4. The fraction of sp³-hybridized carbons (Fsp3) is 0.138. The molecule has 38 heavy (non-hydrogen) atoms. The Hall–Kier alpha value is -3.30. The highest BCUT2D eigenvalue weighted by Crippen LogP contribution is 2.32. The number of halogens is 2. The Morgan fingerprint density at radius 3 is 2.50 bits per heavy atom. The second-order valence-electron chi connectivity index (χ2n) is 8.93. The van der Waals surface area contributed by atoms with Crippen LogP contribution in [0.4, 0.5) is 10.1 Å². The van der Waals surface area contributed by atoms with Gasteiger partial charge in [-0.1, -0.05) is 48.0 Å². The van der Waals surface area contributed by atoms with Crippen LogP contribution in [0.1, 0.15) is 10.4 Å². The molecule has 0 atom stereocenters. The maximum absolute atomic E-state index is 13.2. The van der Waals surface area contributed by atoms with Crippen LogP contribution in [0.2, 0.25) is 5.02 Å². The molecule has 0 bridgehead atoms. The molecule has 0 amide bonds. The summed E-state index contributed by atoms with van der Waals surface area (Å²) in [4.78, 5) is 8.87. The lowest BCUT2D eigenvalue weighted by molar-refractivity contribution is 0.354. The highest BCUT2D eigenvalue weighted by molar-refractivity contribution is 7.90. The van der Waals surface area contributed by atoms with Gasteiger partial charge >= 0.3 is 0 Å². The molecule has 0 aliphatic carbocycles. The second kappa shape index (κ2) is 12.0. The molecule has 0 radical (unpaired) electrons. The number of thiophene rings is 1. The number of aliphatic imine (C=N–C) groups is 1. The first kappa shape index (κ1) is 27.7. The largest absolute Gasteiger partial charge is 0.401 e. The molecule has 3 aromatic carbocycles. The molecule has 4 rings (SSSR count). The van der Waals surface area contributed by atoms with E-state index in [1.54, 1.807) is 36.4 Å². The molecular weight excluding hydrogens is 541 g/mol. The summed E-state index contributed by atoms with van der Waals surface area (Å²) < 4.78 is 37.3. The average molecular weight is 568 g/mol. The third-order valence-corrected chi connectivity index (χ3v) is 8.23. The normalized spacial score (nSPS) is 12.8. The zero-order valence-electron chi connectivity index (χ0n) is 20.9. The van der Waals surface area contributed by atoms with Gasteiger partial charge in [-0.2, -0.15) is 0 Å². The Bertz CT molecular complexity index is 1600. The number of nitrogens with two attached hydrogens (primary N) is 1. The molecule has 196 valence electrons. The molecule has 0 fully saturated rings. The van der Waals surface area contributed by atoms with E-state index in [1.807, 2.05) is 54.4 Å². The van der Waals surface area contributed by atoms with Crippen molar-refractivity contribution < 1.29 is 12.8 Å². The highest BCUT2D eigenvalue weighted by Gasteiger charge is 2.13. The smallest absolute Gasteiger partial charge is 0.175 e. The van der Waals surface area contributed by atoms with E-state index in [0.717, 1.165) is 20.9 Å². The van der Waals surface area contributed by atoms with Crippen LogP contribution in [0.25, 0.3) is 10.4 Å². The molecule has 0 aliphatic rings. The number of para-hydroxylation sites is 1. The van der Waals surface area contributed by atoms with E-state index in [0.29, 0.717) is 35.2 Å². The van der Waals surface area contributed by atoms with Crippen molar-refractivity contribution in [2.24, 2.45) is 10.7 Å². The van der Waals surface area contributed by atoms with Gasteiger partial charge in [0.25, 0.3) is 0 Å². The number of hydrogen-bond donors (Lipinski definition) is 1. The van der Waals surface area contributed by atoms with Crippen molar-refractivity contribution >= 4 is 44.2 Å². The van der Waals surface area contributed by atoms with Gasteiger partial charge in [0.05, 0.1) is 26.2 Å². The van der Waals surface area contributed by atoms with Gasteiger partial charge in [-0.15, -0.1) is 11.3 Å². The maximum atomic E-state index is 13.2. The van der Waals surface area contributed by atoms with Crippen LogP contribution in [0.5, 0.6) is 0 Å². The van der Waals surface area contributed by atoms with E-state index in [4.69, 9.17) is 22.3 Å². The molecule has 1 aromatic heterocycles. The van der Waals surface area contributed by atoms with E-state index in [2.05, 4.69) is 0 Å². The van der Waals surface area contributed by atoms with Crippen molar-refractivity contribution in [2.75, 3.05) is 19.8 Å². The van der Waals surface area contributed by atoms with E-state index in [9.17, 15) is 12.8 Å². The number of hydrogen-bond acceptors (Lipinski definition) is 6. The lowest BCUT2D eigenvalue weighted by Gasteiger charge is -2.17. The predicted molar refractivity (Wildman–Crippen MR) is 156 cm³/mol.